The van der Waals surface area contributed by atoms with Gasteiger partial charge in [-0.25, -0.2) is 0 Å². The minimum absolute atomic E-state index is 0.00487. The maximum Gasteiger partial charge on any atom is 0.308 e. The number of carboxylic acid groups (broad SMARTS) is 1. The average Bonchev–Trinajstić information content (AvgIpc) is 2.90. The summed E-state index contributed by atoms with van der Waals surface area (Å²) in [7, 11) is 1.83. The van der Waals surface area contributed by atoms with Crippen molar-refractivity contribution < 1.29 is 14.7 Å². The van der Waals surface area contributed by atoms with E-state index in [9.17, 15) is 14.7 Å². The highest BCUT2D eigenvalue weighted by molar-refractivity contribution is 5.78. The number of aryl methyl sites for hydroxylation is 1. The summed E-state index contributed by atoms with van der Waals surface area (Å²) < 4.78 is 1.70. The van der Waals surface area contributed by atoms with Crippen molar-refractivity contribution in [3.63, 3.8) is 0 Å². The van der Waals surface area contributed by atoms with Crippen molar-refractivity contribution in [2.45, 2.75) is 25.2 Å². The van der Waals surface area contributed by atoms with Gasteiger partial charge in [0.1, 0.15) is 0 Å². The van der Waals surface area contributed by atoms with Crippen LogP contribution in [0.3, 0.4) is 0 Å². The number of piperidine rings is 1. The predicted octanol–water partition coefficient (Wildman–Crippen LogP) is 1.40. The van der Waals surface area contributed by atoms with Gasteiger partial charge < -0.3 is 10.0 Å². The summed E-state index contributed by atoms with van der Waals surface area (Å²) in [6.07, 6.45) is 6.89. The van der Waals surface area contributed by atoms with Crippen molar-refractivity contribution in [3.8, 4) is 0 Å². The third kappa shape index (κ3) is 3.71. The highest BCUT2D eigenvalue weighted by atomic mass is 16.4. The van der Waals surface area contributed by atoms with Crippen LogP contribution in [0.4, 0.5) is 0 Å². The molecule has 0 aliphatic carbocycles. The third-order valence-electron chi connectivity index (χ3n) is 3.91. The number of carbonyl (C=O) groups excluding carboxylic acids is 1. The number of carboxylic acids is 1. The zero-order chi connectivity index (χ0) is 15.4. The molecule has 21 heavy (non-hydrogen) atoms. The molecule has 2 rings (SSSR count). The van der Waals surface area contributed by atoms with Gasteiger partial charge in [-0.15, -0.1) is 6.58 Å². The molecule has 1 amide bonds. The summed E-state index contributed by atoms with van der Waals surface area (Å²) in [6.45, 7) is 4.47. The monoisotopic (exact) mass is 291 g/mol. The van der Waals surface area contributed by atoms with E-state index >= 15 is 0 Å². The van der Waals surface area contributed by atoms with Crippen LogP contribution in [0, 0.1) is 5.92 Å². The quantitative estimate of drug-likeness (QED) is 0.832. The van der Waals surface area contributed by atoms with Gasteiger partial charge in [0.15, 0.2) is 0 Å². The molecule has 1 fully saturated rings. The van der Waals surface area contributed by atoms with Crippen LogP contribution in [0.15, 0.2) is 25.0 Å². The van der Waals surface area contributed by atoms with Crippen LogP contribution in [0.2, 0.25) is 0 Å². The van der Waals surface area contributed by atoms with Crippen LogP contribution in [0.5, 0.6) is 0 Å². The summed E-state index contributed by atoms with van der Waals surface area (Å²) in [5.74, 6) is -1.34. The Kier molecular flexibility index (Phi) is 4.77. The molecule has 1 aliphatic rings. The molecular weight excluding hydrogens is 270 g/mol. The first-order valence-corrected chi connectivity index (χ1v) is 7.11. The second-order valence-corrected chi connectivity index (χ2v) is 5.54. The molecule has 6 heteroatoms. The smallest absolute Gasteiger partial charge is 0.308 e. The standard InChI is InChI=1S/C15H21N3O3/c1-3-4-5-14(19)18-9-11(6-12(10-18)15(20)21)13-7-16-17(2)8-13/h3,7-8,11-12H,1,4-6,9-10H2,2H3,(H,20,21). The number of carbonyl (C=O) groups is 2. The van der Waals surface area contributed by atoms with E-state index < -0.39 is 11.9 Å². The molecule has 114 valence electrons. The Morgan fingerprint density at radius 1 is 1.52 bits per heavy atom. The number of rotatable bonds is 5. The molecule has 2 heterocycles. The largest absolute Gasteiger partial charge is 0.481 e. The van der Waals surface area contributed by atoms with E-state index in [0.29, 0.717) is 32.4 Å². The summed E-state index contributed by atoms with van der Waals surface area (Å²) in [6, 6.07) is 0. The van der Waals surface area contributed by atoms with Gasteiger partial charge in [0.2, 0.25) is 5.91 Å². The van der Waals surface area contributed by atoms with Crippen LogP contribution < -0.4 is 0 Å². The van der Waals surface area contributed by atoms with Gasteiger partial charge in [-0.3, -0.25) is 14.3 Å². The fourth-order valence-corrected chi connectivity index (χ4v) is 2.76. The number of amides is 1. The Balaban J connectivity index is 2.13. The molecule has 6 nitrogen and oxygen atoms in total. The average molecular weight is 291 g/mol. The molecule has 2 unspecified atom stereocenters. The van der Waals surface area contributed by atoms with Crippen molar-refractivity contribution in [2.75, 3.05) is 13.1 Å². The maximum absolute atomic E-state index is 12.2. The highest BCUT2D eigenvalue weighted by Gasteiger charge is 2.34. The lowest BCUT2D eigenvalue weighted by Gasteiger charge is -2.36. The fraction of sp³-hybridized carbons (Fsp3) is 0.533. The number of aliphatic carboxylic acids is 1. The molecule has 2 atom stereocenters. The van der Waals surface area contributed by atoms with E-state index in [1.165, 1.54) is 0 Å². The maximum atomic E-state index is 12.2. The Morgan fingerprint density at radius 2 is 2.29 bits per heavy atom. The van der Waals surface area contributed by atoms with Crippen molar-refractivity contribution in [3.05, 3.63) is 30.6 Å². The molecule has 1 saturated heterocycles. The lowest BCUT2D eigenvalue weighted by Crippen LogP contribution is -2.45. The van der Waals surface area contributed by atoms with Crippen LogP contribution in [0.1, 0.15) is 30.7 Å². The lowest BCUT2D eigenvalue weighted by molar-refractivity contribution is -0.146. The van der Waals surface area contributed by atoms with Gasteiger partial charge in [-0.2, -0.15) is 5.10 Å². The first-order valence-electron chi connectivity index (χ1n) is 7.11. The molecule has 1 N–H and O–H groups in total. The zero-order valence-corrected chi connectivity index (χ0v) is 12.2. The van der Waals surface area contributed by atoms with Crippen molar-refractivity contribution >= 4 is 11.9 Å². The van der Waals surface area contributed by atoms with E-state index in [1.54, 1.807) is 21.9 Å². The number of likely N-dealkylation sites (tertiary alicyclic amines) is 1. The number of hydrogen-bond donors (Lipinski definition) is 1. The van der Waals surface area contributed by atoms with Crippen LogP contribution in [-0.4, -0.2) is 44.8 Å². The summed E-state index contributed by atoms with van der Waals surface area (Å²) in [5.41, 5.74) is 0.991. The highest BCUT2D eigenvalue weighted by Crippen LogP contribution is 2.30. The number of aromatic nitrogens is 2. The van der Waals surface area contributed by atoms with Gasteiger partial charge in [0.05, 0.1) is 12.1 Å². The molecule has 1 aromatic heterocycles. The normalized spacial score (nSPS) is 22.0. The van der Waals surface area contributed by atoms with E-state index in [-0.39, 0.29) is 11.8 Å². The Hall–Kier alpha value is -2.11. The summed E-state index contributed by atoms with van der Waals surface area (Å²) in [4.78, 5) is 25.2. The van der Waals surface area contributed by atoms with Gasteiger partial charge in [0, 0.05) is 38.7 Å². The molecule has 0 aromatic carbocycles. The molecule has 0 bridgehead atoms. The van der Waals surface area contributed by atoms with Crippen LogP contribution >= 0.6 is 0 Å². The summed E-state index contributed by atoms with van der Waals surface area (Å²) in [5, 5.41) is 13.4. The van der Waals surface area contributed by atoms with Gasteiger partial charge in [-0.1, -0.05) is 6.08 Å². The molecule has 1 aliphatic heterocycles. The zero-order valence-electron chi connectivity index (χ0n) is 12.2. The molecule has 0 radical (unpaired) electrons. The van der Waals surface area contributed by atoms with E-state index in [1.807, 2.05) is 13.2 Å². The third-order valence-corrected chi connectivity index (χ3v) is 3.91. The number of nitrogens with zero attached hydrogens (tertiary/aromatic N) is 3. The minimum Gasteiger partial charge on any atom is -0.481 e. The number of hydrogen-bond acceptors (Lipinski definition) is 3. The second-order valence-electron chi connectivity index (χ2n) is 5.54. The first-order chi connectivity index (χ1) is 10.0. The number of allylic oxidation sites excluding steroid dienone is 1. The topological polar surface area (TPSA) is 75.4 Å². The molecule has 0 spiro atoms. The minimum atomic E-state index is -0.842. The lowest BCUT2D eigenvalue weighted by atomic mass is 9.85. The predicted molar refractivity (Wildman–Crippen MR) is 77.7 cm³/mol. The van der Waals surface area contributed by atoms with Crippen molar-refractivity contribution in [1.29, 1.82) is 0 Å². The van der Waals surface area contributed by atoms with E-state index in [2.05, 4.69) is 11.7 Å². The van der Waals surface area contributed by atoms with E-state index in [4.69, 9.17) is 0 Å². The van der Waals surface area contributed by atoms with E-state index in [0.717, 1.165) is 5.56 Å². The Labute approximate surface area is 124 Å². The Bertz CT molecular complexity index is 538. The van der Waals surface area contributed by atoms with Gasteiger partial charge in [0.25, 0.3) is 0 Å². The van der Waals surface area contributed by atoms with Crippen LogP contribution in [0.25, 0.3) is 0 Å². The first kappa shape index (κ1) is 15.3. The fourth-order valence-electron chi connectivity index (χ4n) is 2.76. The SMILES string of the molecule is C=CCCC(=O)N1CC(C(=O)O)CC(c2cnn(C)c2)C1. The van der Waals surface area contributed by atoms with Gasteiger partial charge in [-0.05, 0) is 18.4 Å². The Morgan fingerprint density at radius 3 is 2.86 bits per heavy atom. The molecule has 1 aromatic rings. The van der Waals surface area contributed by atoms with Crippen molar-refractivity contribution in [2.24, 2.45) is 13.0 Å². The second kappa shape index (κ2) is 6.56. The van der Waals surface area contributed by atoms with Gasteiger partial charge >= 0.3 is 5.97 Å². The molecular formula is C15H21N3O3. The van der Waals surface area contributed by atoms with Crippen LogP contribution in [-0.2, 0) is 16.6 Å². The molecule has 0 saturated carbocycles. The van der Waals surface area contributed by atoms with Crippen molar-refractivity contribution in [1.82, 2.24) is 14.7 Å². The summed E-state index contributed by atoms with van der Waals surface area (Å²) >= 11 is 0.